The number of hydrogen-bond donors (Lipinski definition) is 0. The highest BCUT2D eigenvalue weighted by Crippen LogP contribution is 2.41. The fraction of sp³-hybridized carbons (Fsp3) is 0. The molecule has 0 spiro atoms. The van der Waals surface area contributed by atoms with Crippen LogP contribution in [0.25, 0.3) is 111 Å². The second-order valence-corrected chi connectivity index (χ2v) is 14.5. The summed E-state index contributed by atoms with van der Waals surface area (Å²) < 4.78 is 13.1. The zero-order chi connectivity index (χ0) is 37.0. The lowest BCUT2D eigenvalue weighted by atomic mass is 9.92. The van der Waals surface area contributed by atoms with Crippen LogP contribution in [0, 0.1) is 0 Å². The van der Waals surface area contributed by atoms with Gasteiger partial charge in [-0.05, 0) is 140 Å². The lowest BCUT2D eigenvalue weighted by Crippen LogP contribution is -1.86. The molecule has 2 aromatic heterocycles. The summed E-state index contributed by atoms with van der Waals surface area (Å²) in [5.74, 6) is 0. The topological polar surface area (TPSA) is 26.3 Å². The molecule has 56 heavy (non-hydrogen) atoms. The molecule has 2 nitrogen and oxygen atoms in total. The first-order valence-electron chi connectivity index (χ1n) is 19.1. The van der Waals surface area contributed by atoms with E-state index in [1.54, 1.807) is 0 Å². The average molecular weight is 715 g/mol. The van der Waals surface area contributed by atoms with E-state index in [4.69, 9.17) is 8.83 Å². The number of fused-ring (bicyclic) bond motifs is 6. The minimum atomic E-state index is 0.846. The molecule has 0 fully saturated rings. The zero-order valence-corrected chi connectivity index (χ0v) is 30.4. The van der Waals surface area contributed by atoms with Crippen LogP contribution in [-0.4, -0.2) is 0 Å². The van der Waals surface area contributed by atoms with E-state index in [1.165, 1.54) is 44.5 Å². The van der Waals surface area contributed by atoms with E-state index < -0.39 is 0 Å². The molecule has 2 heterocycles. The molecule has 0 atom stereocenters. The van der Waals surface area contributed by atoms with Gasteiger partial charge in [0.25, 0.3) is 0 Å². The number of rotatable bonds is 6. The molecule has 0 unspecified atom stereocenters. The van der Waals surface area contributed by atoms with Gasteiger partial charge in [0, 0.05) is 21.5 Å². The smallest absolute Gasteiger partial charge is 0.136 e. The summed E-state index contributed by atoms with van der Waals surface area (Å²) >= 11 is 0. The van der Waals surface area contributed by atoms with Crippen molar-refractivity contribution in [3.05, 3.63) is 206 Å². The molecule has 0 aliphatic heterocycles. The molecule has 0 aliphatic rings. The van der Waals surface area contributed by atoms with Crippen LogP contribution in [0.2, 0.25) is 0 Å². The highest BCUT2D eigenvalue weighted by molar-refractivity contribution is 6.15. The quantitative estimate of drug-likeness (QED) is 0.171. The molecular formula is C54H34O2. The third kappa shape index (κ3) is 5.68. The predicted octanol–water partition coefficient (Wildman–Crippen LogP) is 15.5. The SMILES string of the molecule is c1ccc(-c2cc(-c3ccccc3)cc(-c3ccc4oc5cc6c(cc5c4c3)oc3ccc(-c4cc(-c5ccccc5)cc(-c5ccccc5)c4)cc36)c2)cc1. The van der Waals surface area contributed by atoms with Gasteiger partial charge in [-0.3, -0.25) is 0 Å². The number of furan rings is 2. The van der Waals surface area contributed by atoms with Crippen molar-refractivity contribution in [1.82, 2.24) is 0 Å². The van der Waals surface area contributed by atoms with Gasteiger partial charge >= 0.3 is 0 Å². The average Bonchev–Trinajstić information content (AvgIpc) is 3.82. The summed E-state index contributed by atoms with van der Waals surface area (Å²) in [6.07, 6.45) is 0. The van der Waals surface area contributed by atoms with E-state index in [0.29, 0.717) is 0 Å². The van der Waals surface area contributed by atoms with Crippen LogP contribution in [0.4, 0.5) is 0 Å². The first kappa shape index (κ1) is 32.0. The van der Waals surface area contributed by atoms with E-state index in [-0.39, 0.29) is 0 Å². The Morgan fingerprint density at radius 1 is 0.179 bits per heavy atom. The summed E-state index contributed by atoms with van der Waals surface area (Å²) in [5, 5.41) is 4.22. The Kier molecular flexibility index (Phi) is 7.53. The standard InChI is InChI=1S/C54H34O2/c1-5-13-35(14-6-1)41-25-42(36-15-7-2-8-16-36)28-45(27-41)39-21-23-51-47(31-39)49-33-54-50(34-53(49)55-51)48-32-40(22-24-52(48)56-54)46-29-43(37-17-9-3-10-18-37)26-44(30-46)38-19-11-4-12-20-38/h1-34H. The Labute approximate surface area is 324 Å². The van der Waals surface area contributed by atoms with Gasteiger partial charge in [0.15, 0.2) is 0 Å². The molecule has 11 aromatic rings. The van der Waals surface area contributed by atoms with Gasteiger partial charge in [0.1, 0.15) is 22.3 Å². The third-order valence-corrected chi connectivity index (χ3v) is 11.0. The fourth-order valence-corrected chi connectivity index (χ4v) is 8.18. The van der Waals surface area contributed by atoms with Crippen LogP contribution in [0.15, 0.2) is 215 Å². The molecule has 0 bridgehead atoms. The van der Waals surface area contributed by atoms with Crippen molar-refractivity contribution in [2.75, 3.05) is 0 Å². The maximum atomic E-state index is 6.56. The molecule has 0 saturated carbocycles. The van der Waals surface area contributed by atoms with Crippen LogP contribution < -0.4 is 0 Å². The summed E-state index contributed by atoms with van der Waals surface area (Å²) in [7, 11) is 0. The van der Waals surface area contributed by atoms with Crippen LogP contribution in [0.5, 0.6) is 0 Å². The van der Waals surface area contributed by atoms with Crippen molar-refractivity contribution in [2.24, 2.45) is 0 Å². The highest BCUT2D eigenvalue weighted by Gasteiger charge is 2.17. The minimum absolute atomic E-state index is 0.846. The second kappa shape index (κ2) is 13.2. The van der Waals surface area contributed by atoms with Crippen molar-refractivity contribution in [3.8, 4) is 66.8 Å². The van der Waals surface area contributed by atoms with Crippen LogP contribution >= 0.6 is 0 Å². The van der Waals surface area contributed by atoms with Crippen LogP contribution in [0.3, 0.4) is 0 Å². The molecule has 0 N–H and O–H groups in total. The maximum absolute atomic E-state index is 6.56. The molecular weight excluding hydrogens is 681 g/mol. The van der Waals surface area contributed by atoms with E-state index in [0.717, 1.165) is 66.1 Å². The normalized spacial score (nSPS) is 11.6. The lowest BCUT2D eigenvalue weighted by molar-refractivity contribution is 0.664. The monoisotopic (exact) mass is 714 g/mol. The molecule has 0 saturated heterocycles. The summed E-state index contributed by atoms with van der Waals surface area (Å²) in [5.41, 5.74) is 17.5. The Bertz CT molecular complexity index is 2870. The van der Waals surface area contributed by atoms with Gasteiger partial charge < -0.3 is 8.83 Å². The van der Waals surface area contributed by atoms with E-state index in [2.05, 4.69) is 206 Å². The molecule has 0 amide bonds. The van der Waals surface area contributed by atoms with Crippen molar-refractivity contribution < 1.29 is 8.83 Å². The Hall–Kier alpha value is -7.42. The molecule has 9 aromatic carbocycles. The lowest BCUT2D eigenvalue weighted by Gasteiger charge is -2.11. The Morgan fingerprint density at radius 3 is 0.750 bits per heavy atom. The largest absolute Gasteiger partial charge is 0.456 e. The molecule has 11 rings (SSSR count). The highest BCUT2D eigenvalue weighted by atomic mass is 16.3. The van der Waals surface area contributed by atoms with Gasteiger partial charge in [-0.25, -0.2) is 0 Å². The fourth-order valence-electron chi connectivity index (χ4n) is 8.18. The van der Waals surface area contributed by atoms with Crippen molar-refractivity contribution in [3.63, 3.8) is 0 Å². The van der Waals surface area contributed by atoms with Crippen LogP contribution in [0.1, 0.15) is 0 Å². The first-order valence-corrected chi connectivity index (χ1v) is 19.1. The summed E-state index contributed by atoms with van der Waals surface area (Å²) in [4.78, 5) is 0. The molecule has 2 heteroatoms. The molecule has 0 aliphatic carbocycles. The van der Waals surface area contributed by atoms with E-state index in [9.17, 15) is 0 Å². The first-order chi connectivity index (χ1) is 27.7. The molecule has 262 valence electrons. The van der Waals surface area contributed by atoms with Crippen molar-refractivity contribution in [1.29, 1.82) is 0 Å². The van der Waals surface area contributed by atoms with Gasteiger partial charge in [-0.15, -0.1) is 0 Å². The molecule has 0 radical (unpaired) electrons. The van der Waals surface area contributed by atoms with E-state index in [1.807, 2.05) is 0 Å². The predicted molar refractivity (Wildman–Crippen MR) is 234 cm³/mol. The van der Waals surface area contributed by atoms with Gasteiger partial charge in [-0.2, -0.15) is 0 Å². The van der Waals surface area contributed by atoms with Crippen molar-refractivity contribution in [2.45, 2.75) is 0 Å². The maximum Gasteiger partial charge on any atom is 0.136 e. The van der Waals surface area contributed by atoms with Crippen molar-refractivity contribution >= 4 is 43.9 Å². The third-order valence-electron chi connectivity index (χ3n) is 11.0. The summed E-state index contributed by atoms with van der Waals surface area (Å²) in [6, 6.07) is 73.5. The Balaban J connectivity index is 1.03. The zero-order valence-electron chi connectivity index (χ0n) is 30.4. The Morgan fingerprint density at radius 2 is 0.446 bits per heavy atom. The number of hydrogen-bond acceptors (Lipinski definition) is 2. The van der Waals surface area contributed by atoms with E-state index >= 15 is 0 Å². The van der Waals surface area contributed by atoms with Gasteiger partial charge in [0.2, 0.25) is 0 Å². The van der Waals surface area contributed by atoms with Gasteiger partial charge in [0.05, 0.1) is 0 Å². The second-order valence-electron chi connectivity index (χ2n) is 14.5. The van der Waals surface area contributed by atoms with Crippen LogP contribution in [-0.2, 0) is 0 Å². The number of benzene rings is 9. The summed E-state index contributed by atoms with van der Waals surface area (Å²) in [6.45, 7) is 0. The van der Waals surface area contributed by atoms with Gasteiger partial charge in [-0.1, -0.05) is 133 Å². The minimum Gasteiger partial charge on any atom is -0.456 e.